The number of aryl methyl sites for hydroxylation is 1. The summed E-state index contributed by atoms with van der Waals surface area (Å²) in [5.74, 6) is 0.528. The molecule has 0 radical (unpaired) electrons. The summed E-state index contributed by atoms with van der Waals surface area (Å²) >= 11 is 0. The molecule has 118 valence electrons. The summed E-state index contributed by atoms with van der Waals surface area (Å²) < 4.78 is 2.23. The van der Waals surface area contributed by atoms with Crippen LogP contribution in [-0.4, -0.2) is 9.78 Å². The normalized spacial score (nSPS) is 12.3. The van der Waals surface area contributed by atoms with Gasteiger partial charge in [0.1, 0.15) is 0 Å². The summed E-state index contributed by atoms with van der Waals surface area (Å²) in [6.45, 7) is 11.2. The number of aromatic nitrogens is 2. The van der Waals surface area contributed by atoms with E-state index in [1.165, 1.54) is 22.5 Å². The Morgan fingerprint density at radius 3 is 2.14 bits per heavy atom. The topological polar surface area (TPSA) is 17.8 Å². The van der Waals surface area contributed by atoms with E-state index in [0.29, 0.717) is 12.0 Å². The molecule has 1 aromatic carbocycles. The van der Waals surface area contributed by atoms with Crippen molar-refractivity contribution >= 4 is 0 Å². The van der Waals surface area contributed by atoms with Crippen molar-refractivity contribution in [2.75, 3.05) is 0 Å². The summed E-state index contributed by atoms with van der Waals surface area (Å²) in [4.78, 5) is 0. The third-order valence-corrected chi connectivity index (χ3v) is 3.99. The largest absolute Gasteiger partial charge is 0.266 e. The van der Waals surface area contributed by atoms with Crippen molar-refractivity contribution in [3.63, 3.8) is 0 Å². The van der Waals surface area contributed by atoms with Gasteiger partial charge in [0.25, 0.3) is 0 Å². The summed E-state index contributed by atoms with van der Waals surface area (Å²) in [5.41, 5.74) is 5.27. The van der Waals surface area contributed by atoms with Crippen molar-refractivity contribution in [2.24, 2.45) is 0 Å². The van der Waals surface area contributed by atoms with Gasteiger partial charge in [-0.1, -0.05) is 51.1 Å². The first kappa shape index (κ1) is 18.2. The third kappa shape index (κ3) is 3.66. The zero-order valence-electron chi connectivity index (χ0n) is 13.7. The minimum absolute atomic E-state index is 0. The smallest absolute Gasteiger partial charge is 0.0703 e. The average Bonchev–Trinajstić information content (AvgIpc) is 2.87. The standard InChI is InChI=1S/C18H26N2.Pt/c1-6-14(5)18-17(15-11-9-8-10-12-15)16(7-2)19-20(18)13(3)4;/h8-14H,6-7H2,1-5H3;. The van der Waals surface area contributed by atoms with Gasteiger partial charge >= 0.3 is 0 Å². The van der Waals surface area contributed by atoms with Gasteiger partial charge < -0.3 is 0 Å². The second-order valence-electron chi connectivity index (χ2n) is 5.77. The van der Waals surface area contributed by atoms with E-state index in [1.807, 2.05) is 0 Å². The molecule has 0 saturated heterocycles. The van der Waals surface area contributed by atoms with E-state index in [1.54, 1.807) is 0 Å². The average molecular weight is 465 g/mol. The van der Waals surface area contributed by atoms with E-state index >= 15 is 0 Å². The fourth-order valence-electron chi connectivity index (χ4n) is 2.72. The second kappa shape index (κ2) is 7.94. The first-order valence-electron chi connectivity index (χ1n) is 7.76. The number of hydrogen-bond acceptors (Lipinski definition) is 1. The van der Waals surface area contributed by atoms with Crippen molar-refractivity contribution in [1.29, 1.82) is 0 Å². The molecule has 1 unspecified atom stereocenters. The quantitative estimate of drug-likeness (QED) is 0.593. The van der Waals surface area contributed by atoms with Gasteiger partial charge in [0.2, 0.25) is 0 Å². The molecule has 0 fully saturated rings. The maximum absolute atomic E-state index is 4.89. The van der Waals surface area contributed by atoms with Crippen LogP contribution in [0.3, 0.4) is 0 Å². The summed E-state index contributed by atoms with van der Waals surface area (Å²) in [6.07, 6.45) is 2.12. The molecule has 2 rings (SSSR count). The molecule has 0 spiro atoms. The molecule has 0 aliphatic rings. The third-order valence-electron chi connectivity index (χ3n) is 3.99. The number of rotatable bonds is 5. The van der Waals surface area contributed by atoms with Crippen molar-refractivity contribution in [1.82, 2.24) is 9.78 Å². The number of nitrogens with zero attached hydrogens (tertiary/aromatic N) is 2. The van der Waals surface area contributed by atoms with Crippen LogP contribution in [0.2, 0.25) is 0 Å². The van der Waals surface area contributed by atoms with Crippen molar-refractivity contribution < 1.29 is 21.1 Å². The van der Waals surface area contributed by atoms with E-state index in [9.17, 15) is 0 Å². The predicted octanol–water partition coefficient (Wildman–Crippen LogP) is 5.20. The van der Waals surface area contributed by atoms with Crippen LogP contribution in [0.1, 0.15) is 64.4 Å². The monoisotopic (exact) mass is 465 g/mol. The minimum Gasteiger partial charge on any atom is -0.266 e. The van der Waals surface area contributed by atoms with Crippen LogP contribution in [0.4, 0.5) is 0 Å². The molecule has 0 amide bonds. The number of benzene rings is 1. The molecule has 21 heavy (non-hydrogen) atoms. The molecule has 0 aliphatic carbocycles. The minimum atomic E-state index is 0. The van der Waals surface area contributed by atoms with Crippen molar-refractivity contribution in [2.45, 2.75) is 59.4 Å². The van der Waals surface area contributed by atoms with Crippen molar-refractivity contribution in [3.8, 4) is 11.1 Å². The van der Waals surface area contributed by atoms with Gasteiger partial charge in [-0.05, 0) is 38.2 Å². The van der Waals surface area contributed by atoms with Gasteiger partial charge in [0, 0.05) is 38.4 Å². The molecule has 1 heterocycles. The SMILES string of the molecule is CCc1nn(C(C)C)c(C(C)CC)c1-c1ccccc1.[Pt]. The Morgan fingerprint density at radius 2 is 1.67 bits per heavy atom. The molecule has 3 heteroatoms. The molecule has 2 aromatic rings. The summed E-state index contributed by atoms with van der Waals surface area (Å²) in [7, 11) is 0. The molecule has 0 aliphatic heterocycles. The summed E-state index contributed by atoms with van der Waals surface area (Å²) in [6, 6.07) is 11.1. The van der Waals surface area contributed by atoms with Crippen LogP contribution < -0.4 is 0 Å². The Hall–Kier alpha value is -0.882. The molecule has 1 atom stereocenters. The van der Waals surface area contributed by atoms with E-state index in [4.69, 9.17) is 5.10 Å². The second-order valence-corrected chi connectivity index (χ2v) is 5.77. The Labute approximate surface area is 143 Å². The maximum atomic E-state index is 4.89. The fraction of sp³-hybridized carbons (Fsp3) is 0.500. The van der Waals surface area contributed by atoms with Crippen LogP contribution in [0.25, 0.3) is 11.1 Å². The van der Waals surface area contributed by atoms with Crippen LogP contribution >= 0.6 is 0 Å². The van der Waals surface area contributed by atoms with Gasteiger partial charge in [-0.2, -0.15) is 5.10 Å². The van der Waals surface area contributed by atoms with Gasteiger partial charge in [-0.15, -0.1) is 0 Å². The Balaban J connectivity index is 0.00000220. The molecule has 0 bridgehead atoms. The van der Waals surface area contributed by atoms with Gasteiger partial charge in [-0.3, -0.25) is 4.68 Å². The van der Waals surface area contributed by atoms with Crippen LogP contribution in [0.5, 0.6) is 0 Å². The Kier molecular flexibility index (Phi) is 6.87. The maximum Gasteiger partial charge on any atom is 0.0703 e. The van der Waals surface area contributed by atoms with Gasteiger partial charge in [0.15, 0.2) is 0 Å². The predicted molar refractivity (Wildman–Crippen MR) is 86.1 cm³/mol. The first-order valence-corrected chi connectivity index (χ1v) is 7.76. The molecule has 0 N–H and O–H groups in total. The van der Waals surface area contributed by atoms with Gasteiger partial charge in [-0.25, -0.2) is 0 Å². The molecular weight excluding hydrogens is 439 g/mol. The van der Waals surface area contributed by atoms with E-state index in [0.717, 1.165) is 12.8 Å². The molecule has 0 saturated carbocycles. The Bertz CT molecular complexity index is 558. The zero-order valence-corrected chi connectivity index (χ0v) is 15.9. The summed E-state index contributed by atoms with van der Waals surface area (Å²) in [5, 5.41) is 4.89. The molecular formula is C18H26N2Pt. The van der Waals surface area contributed by atoms with E-state index in [2.05, 4.69) is 69.6 Å². The molecule has 1 aromatic heterocycles. The fourth-order valence-corrected chi connectivity index (χ4v) is 2.72. The van der Waals surface area contributed by atoms with E-state index in [-0.39, 0.29) is 21.1 Å². The van der Waals surface area contributed by atoms with E-state index < -0.39 is 0 Å². The first-order chi connectivity index (χ1) is 9.60. The van der Waals surface area contributed by atoms with Crippen LogP contribution in [0.15, 0.2) is 30.3 Å². The number of hydrogen-bond donors (Lipinski definition) is 0. The van der Waals surface area contributed by atoms with Crippen LogP contribution in [0, 0.1) is 0 Å². The van der Waals surface area contributed by atoms with Gasteiger partial charge in [0.05, 0.1) is 5.69 Å². The Morgan fingerprint density at radius 1 is 1.05 bits per heavy atom. The van der Waals surface area contributed by atoms with Crippen LogP contribution in [-0.2, 0) is 27.5 Å². The molecule has 2 nitrogen and oxygen atoms in total. The van der Waals surface area contributed by atoms with Crippen molar-refractivity contribution in [3.05, 3.63) is 41.7 Å². The zero-order chi connectivity index (χ0) is 14.7.